The first-order valence-corrected chi connectivity index (χ1v) is 14.2. The van der Waals surface area contributed by atoms with Crippen molar-refractivity contribution in [2.45, 2.75) is 19.8 Å². The first kappa shape index (κ1) is 29.4. The number of methoxy groups -OCH3 is 1. The van der Waals surface area contributed by atoms with Crippen LogP contribution in [0.3, 0.4) is 0 Å². The molecule has 4 aromatic rings. The van der Waals surface area contributed by atoms with Crippen LogP contribution >= 0.6 is 0 Å². The van der Waals surface area contributed by atoms with Crippen LogP contribution in [0.25, 0.3) is 0 Å². The fraction of sp³-hybridized carbons (Fsp3) is 0.229. The van der Waals surface area contributed by atoms with Crippen molar-refractivity contribution >= 4 is 23.5 Å². The van der Waals surface area contributed by atoms with E-state index in [1.165, 1.54) is 13.8 Å². The molecule has 4 aromatic carbocycles. The minimum atomic E-state index is -0.395. The Balaban J connectivity index is 1.44. The van der Waals surface area contributed by atoms with Gasteiger partial charge in [-0.05, 0) is 71.3 Å². The average molecular weight is 579 g/mol. The van der Waals surface area contributed by atoms with Crippen molar-refractivity contribution in [3.05, 3.63) is 119 Å². The molecule has 1 saturated heterocycles. The topological polar surface area (TPSA) is 85.4 Å². The minimum absolute atomic E-state index is 0.0250. The molecule has 0 atom stereocenters. The van der Waals surface area contributed by atoms with E-state index in [1.807, 2.05) is 77.7 Å². The number of rotatable bonds is 8. The van der Waals surface area contributed by atoms with Crippen LogP contribution in [0.2, 0.25) is 0 Å². The maximum atomic E-state index is 14.0. The smallest absolute Gasteiger partial charge is 0.308 e. The number of carbonyl (C=O) groups is 3. The van der Waals surface area contributed by atoms with Gasteiger partial charge in [0.25, 0.3) is 5.91 Å². The summed E-state index contributed by atoms with van der Waals surface area (Å²) in [7, 11) is 1.65. The molecule has 8 nitrogen and oxygen atoms in total. The van der Waals surface area contributed by atoms with Gasteiger partial charge in [0, 0.05) is 57.2 Å². The molecule has 0 unspecified atom stereocenters. The van der Waals surface area contributed by atoms with E-state index < -0.39 is 11.9 Å². The average Bonchev–Trinajstić information content (AvgIpc) is 3.02. The second kappa shape index (κ2) is 13.2. The number of hydrogen-bond acceptors (Lipinski definition) is 7. The van der Waals surface area contributed by atoms with E-state index in [9.17, 15) is 14.4 Å². The van der Waals surface area contributed by atoms with E-state index >= 15 is 0 Å². The van der Waals surface area contributed by atoms with Crippen LogP contribution in [0.4, 0.5) is 5.69 Å². The SMILES string of the molecule is COc1ccc(N2CCN(C(=O)c3ccccc3C(c3ccc(OC(C)=O)cc3)c3ccc(OC(C)=O)cc3)CC2)cc1. The van der Waals surface area contributed by atoms with Gasteiger partial charge in [-0.15, -0.1) is 0 Å². The Morgan fingerprint density at radius 3 is 1.60 bits per heavy atom. The summed E-state index contributed by atoms with van der Waals surface area (Å²) in [5.41, 5.74) is 4.41. The Morgan fingerprint density at radius 1 is 0.628 bits per heavy atom. The number of carbonyl (C=O) groups excluding carboxylic acids is 3. The molecule has 0 spiro atoms. The molecular weight excluding hydrogens is 544 g/mol. The van der Waals surface area contributed by atoms with E-state index in [2.05, 4.69) is 4.90 Å². The van der Waals surface area contributed by atoms with Crippen molar-refractivity contribution in [1.82, 2.24) is 4.90 Å². The summed E-state index contributed by atoms with van der Waals surface area (Å²) in [6, 6.07) is 30.2. The van der Waals surface area contributed by atoms with Crippen molar-refractivity contribution in [3.8, 4) is 17.2 Å². The van der Waals surface area contributed by atoms with Crippen molar-refractivity contribution < 1.29 is 28.6 Å². The molecule has 1 aliphatic rings. The Morgan fingerprint density at radius 2 is 1.12 bits per heavy atom. The molecule has 0 bridgehead atoms. The second-order valence-electron chi connectivity index (χ2n) is 10.3. The van der Waals surface area contributed by atoms with Gasteiger partial charge >= 0.3 is 11.9 Å². The van der Waals surface area contributed by atoms with Crippen molar-refractivity contribution in [2.75, 3.05) is 38.2 Å². The predicted molar refractivity (Wildman–Crippen MR) is 164 cm³/mol. The van der Waals surface area contributed by atoms with Crippen LogP contribution in [0.1, 0.15) is 46.8 Å². The number of nitrogens with zero attached hydrogens (tertiary/aromatic N) is 2. The number of benzene rings is 4. The molecule has 0 aromatic heterocycles. The number of hydrogen-bond donors (Lipinski definition) is 0. The lowest BCUT2D eigenvalue weighted by Gasteiger charge is -2.36. The molecule has 1 aliphatic heterocycles. The molecule has 0 saturated carbocycles. The zero-order chi connectivity index (χ0) is 30.3. The summed E-state index contributed by atoms with van der Waals surface area (Å²) >= 11 is 0. The summed E-state index contributed by atoms with van der Waals surface area (Å²) in [6.07, 6.45) is 0. The summed E-state index contributed by atoms with van der Waals surface area (Å²) < 4.78 is 15.8. The maximum Gasteiger partial charge on any atom is 0.308 e. The van der Waals surface area contributed by atoms with Gasteiger partial charge in [-0.3, -0.25) is 14.4 Å². The van der Waals surface area contributed by atoms with Gasteiger partial charge in [0.15, 0.2) is 0 Å². The third-order valence-electron chi connectivity index (χ3n) is 7.46. The maximum absolute atomic E-state index is 14.0. The van der Waals surface area contributed by atoms with E-state index in [1.54, 1.807) is 31.4 Å². The third kappa shape index (κ3) is 7.04. The first-order chi connectivity index (χ1) is 20.8. The number of piperazine rings is 1. The minimum Gasteiger partial charge on any atom is -0.497 e. The van der Waals surface area contributed by atoms with E-state index in [-0.39, 0.29) is 11.8 Å². The molecule has 0 N–H and O–H groups in total. The Hall–Kier alpha value is -5.11. The quantitative estimate of drug-likeness (QED) is 0.151. The zero-order valence-electron chi connectivity index (χ0n) is 24.5. The standard InChI is InChI=1S/C35H34N2O6/c1-24(38)42-30-14-8-26(9-15-30)34(27-10-16-31(17-11-27)43-25(2)39)32-6-4-5-7-33(32)35(40)37-22-20-36(21-23-37)28-12-18-29(41-3)19-13-28/h4-19,34H,20-23H2,1-3H3. The first-order valence-electron chi connectivity index (χ1n) is 14.2. The van der Waals surface area contributed by atoms with Gasteiger partial charge in [-0.2, -0.15) is 0 Å². The van der Waals surface area contributed by atoms with E-state index in [0.29, 0.717) is 30.2 Å². The van der Waals surface area contributed by atoms with Crippen molar-refractivity contribution in [3.63, 3.8) is 0 Å². The highest BCUT2D eigenvalue weighted by Crippen LogP contribution is 2.36. The predicted octanol–water partition coefficient (Wildman–Crippen LogP) is 5.69. The Kier molecular flexibility index (Phi) is 9.05. The van der Waals surface area contributed by atoms with Gasteiger partial charge in [0.05, 0.1) is 7.11 Å². The number of esters is 2. The number of ether oxygens (including phenoxy) is 3. The van der Waals surface area contributed by atoms with Crippen LogP contribution in [0, 0.1) is 0 Å². The summed E-state index contributed by atoms with van der Waals surface area (Å²) in [5.74, 6) is 0.577. The molecule has 0 radical (unpaired) electrons. The van der Waals surface area contributed by atoms with Crippen LogP contribution in [-0.2, 0) is 9.59 Å². The van der Waals surface area contributed by atoms with Crippen molar-refractivity contribution in [2.24, 2.45) is 0 Å². The van der Waals surface area contributed by atoms with E-state index in [4.69, 9.17) is 14.2 Å². The monoisotopic (exact) mass is 578 g/mol. The van der Waals surface area contributed by atoms with Crippen LogP contribution in [0.15, 0.2) is 97.1 Å². The molecule has 8 heteroatoms. The molecule has 220 valence electrons. The lowest BCUT2D eigenvalue weighted by atomic mass is 9.82. The lowest BCUT2D eigenvalue weighted by molar-refractivity contribution is -0.132. The summed E-state index contributed by atoms with van der Waals surface area (Å²) in [4.78, 5) is 41.2. The fourth-order valence-electron chi connectivity index (χ4n) is 5.41. The number of anilines is 1. The van der Waals surface area contributed by atoms with Crippen LogP contribution < -0.4 is 19.1 Å². The fourth-order valence-corrected chi connectivity index (χ4v) is 5.41. The summed E-state index contributed by atoms with van der Waals surface area (Å²) in [5, 5.41) is 0. The zero-order valence-corrected chi connectivity index (χ0v) is 24.5. The highest BCUT2D eigenvalue weighted by molar-refractivity contribution is 5.96. The molecule has 1 amide bonds. The second-order valence-corrected chi connectivity index (χ2v) is 10.3. The molecule has 0 aliphatic carbocycles. The highest BCUT2D eigenvalue weighted by atomic mass is 16.5. The van der Waals surface area contributed by atoms with E-state index in [0.717, 1.165) is 41.2 Å². The molecule has 43 heavy (non-hydrogen) atoms. The normalized spacial score (nSPS) is 13.0. The van der Waals surface area contributed by atoms with Gasteiger partial charge < -0.3 is 24.0 Å². The summed E-state index contributed by atoms with van der Waals surface area (Å²) in [6.45, 7) is 5.36. The Labute approximate surface area is 251 Å². The molecule has 1 heterocycles. The van der Waals surface area contributed by atoms with Crippen molar-refractivity contribution in [1.29, 1.82) is 0 Å². The molecule has 5 rings (SSSR count). The third-order valence-corrected chi connectivity index (χ3v) is 7.46. The van der Waals surface area contributed by atoms with Gasteiger partial charge in [0.1, 0.15) is 17.2 Å². The van der Waals surface area contributed by atoms with Gasteiger partial charge in [-0.25, -0.2) is 0 Å². The highest BCUT2D eigenvalue weighted by Gasteiger charge is 2.28. The largest absolute Gasteiger partial charge is 0.497 e. The number of amides is 1. The van der Waals surface area contributed by atoms with Crippen LogP contribution in [-0.4, -0.2) is 56.0 Å². The van der Waals surface area contributed by atoms with Gasteiger partial charge in [-0.1, -0.05) is 42.5 Å². The lowest BCUT2D eigenvalue weighted by Crippen LogP contribution is -2.49. The Bertz CT molecular complexity index is 1510. The molecular formula is C35H34N2O6. The van der Waals surface area contributed by atoms with Gasteiger partial charge in [0.2, 0.25) is 0 Å². The molecule has 1 fully saturated rings. The van der Waals surface area contributed by atoms with Crippen LogP contribution in [0.5, 0.6) is 17.2 Å².